The van der Waals surface area contributed by atoms with E-state index in [1.807, 2.05) is 12.1 Å². The Hall–Kier alpha value is -1.35. The molecule has 0 amide bonds. The normalized spacial score (nSPS) is 12.6. The average molecular weight is 305 g/mol. The van der Waals surface area contributed by atoms with Crippen molar-refractivity contribution in [1.29, 1.82) is 0 Å². The van der Waals surface area contributed by atoms with Gasteiger partial charge in [0.2, 0.25) is 0 Å². The molecule has 1 unspecified atom stereocenters. The van der Waals surface area contributed by atoms with Crippen molar-refractivity contribution in [3.05, 3.63) is 70.7 Å². The number of benzene rings is 2. The molecular weight excluding hydrogens is 280 g/mol. The molecule has 0 fully saturated rings. The van der Waals surface area contributed by atoms with Gasteiger partial charge in [-0.3, -0.25) is 0 Å². The molecule has 2 rings (SSSR count). The van der Waals surface area contributed by atoms with Crippen LogP contribution in [0, 0.1) is 0 Å². The van der Waals surface area contributed by atoms with Crippen LogP contribution in [0.25, 0.3) is 0 Å². The molecule has 2 N–H and O–H groups in total. The van der Waals surface area contributed by atoms with Crippen molar-refractivity contribution in [2.45, 2.75) is 13.1 Å². The summed E-state index contributed by atoms with van der Waals surface area (Å²) in [6, 6.07) is 18.9. The third-order valence-corrected chi connectivity index (χ3v) is 3.85. The van der Waals surface area contributed by atoms with E-state index in [-0.39, 0.29) is 0 Å². The summed E-state index contributed by atoms with van der Waals surface area (Å²) in [6.07, 6.45) is 0. The zero-order valence-corrected chi connectivity index (χ0v) is 13.7. The lowest BCUT2D eigenvalue weighted by Gasteiger charge is -2.20. The van der Waals surface area contributed by atoms with Gasteiger partial charge in [-0.1, -0.05) is 54.1 Å². The van der Waals surface area contributed by atoms with Crippen LogP contribution < -0.4 is 9.80 Å². The molecule has 1 atom stereocenters. The molecule has 0 spiro atoms. The molecule has 2 nitrogen and oxygen atoms in total. The fourth-order valence-electron chi connectivity index (χ4n) is 2.49. The van der Waals surface area contributed by atoms with Crippen molar-refractivity contribution in [1.82, 2.24) is 0 Å². The summed E-state index contributed by atoms with van der Waals surface area (Å²) < 4.78 is 0. The van der Waals surface area contributed by atoms with Gasteiger partial charge in [0, 0.05) is 16.1 Å². The molecule has 0 aliphatic heterocycles. The van der Waals surface area contributed by atoms with E-state index in [1.165, 1.54) is 22.6 Å². The third-order valence-electron chi connectivity index (χ3n) is 3.62. The molecule has 0 radical (unpaired) electrons. The summed E-state index contributed by atoms with van der Waals surface area (Å²) in [5, 5.41) is 0.824. The summed E-state index contributed by atoms with van der Waals surface area (Å²) in [6.45, 7) is 4.40. The number of hydrogen-bond acceptors (Lipinski definition) is 0. The molecule has 0 bridgehead atoms. The van der Waals surface area contributed by atoms with Crippen molar-refractivity contribution in [3.8, 4) is 0 Å². The van der Waals surface area contributed by atoms with Gasteiger partial charge in [-0.15, -0.1) is 0 Å². The Morgan fingerprint density at radius 3 is 2.14 bits per heavy atom. The van der Waals surface area contributed by atoms with E-state index in [0.29, 0.717) is 0 Å². The molecule has 0 aliphatic rings. The highest BCUT2D eigenvalue weighted by Crippen LogP contribution is 2.09. The lowest BCUT2D eigenvalue weighted by atomic mass is 10.1. The number of quaternary nitrogens is 2. The first-order valence-electron chi connectivity index (χ1n) is 7.54. The SMILES string of the molecule is C[NH+](C)CC[NH+](Cc1ccccc1)Cc1cccc(Cl)c1. The van der Waals surface area contributed by atoms with Gasteiger partial charge in [-0.05, 0) is 12.1 Å². The number of hydrogen-bond donors (Lipinski definition) is 2. The maximum atomic E-state index is 6.10. The molecule has 0 saturated carbocycles. The fourth-order valence-corrected chi connectivity index (χ4v) is 2.70. The maximum Gasteiger partial charge on any atom is 0.127 e. The minimum atomic E-state index is 0.824. The van der Waals surface area contributed by atoms with Gasteiger partial charge in [0.25, 0.3) is 0 Å². The molecule has 0 saturated heterocycles. The van der Waals surface area contributed by atoms with Crippen molar-refractivity contribution < 1.29 is 9.80 Å². The first-order valence-corrected chi connectivity index (χ1v) is 7.92. The molecule has 0 aromatic heterocycles. The highest BCUT2D eigenvalue weighted by atomic mass is 35.5. The molecule has 2 aromatic rings. The number of halogens is 1. The largest absolute Gasteiger partial charge is 0.335 e. The first-order chi connectivity index (χ1) is 10.1. The Bertz CT molecular complexity index is 540. The Balaban J connectivity index is 2.04. The van der Waals surface area contributed by atoms with E-state index in [4.69, 9.17) is 11.6 Å². The van der Waals surface area contributed by atoms with Crippen LogP contribution in [0.2, 0.25) is 5.02 Å². The van der Waals surface area contributed by atoms with Gasteiger partial charge in [0.1, 0.15) is 26.2 Å². The number of rotatable bonds is 7. The van der Waals surface area contributed by atoms with Crippen LogP contribution in [0.5, 0.6) is 0 Å². The van der Waals surface area contributed by atoms with Gasteiger partial charge in [0.05, 0.1) is 14.1 Å². The standard InChI is InChI=1S/C18H23ClN2/c1-20(2)11-12-21(14-16-7-4-3-5-8-16)15-17-9-6-10-18(19)13-17/h3-10,13H,11-12,14-15H2,1-2H3/p+2. The van der Waals surface area contributed by atoms with Gasteiger partial charge in [0.15, 0.2) is 0 Å². The highest BCUT2D eigenvalue weighted by Gasteiger charge is 2.12. The second-order valence-electron chi connectivity index (χ2n) is 5.93. The Morgan fingerprint density at radius 1 is 0.810 bits per heavy atom. The van der Waals surface area contributed by atoms with Crippen LogP contribution in [-0.2, 0) is 13.1 Å². The summed E-state index contributed by atoms with van der Waals surface area (Å²) >= 11 is 6.10. The van der Waals surface area contributed by atoms with Crippen LogP contribution in [0.1, 0.15) is 11.1 Å². The maximum absolute atomic E-state index is 6.10. The lowest BCUT2D eigenvalue weighted by Crippen LogP contribution is -3.16. The molecule has 0 heterocycles. The molecule has 0 aliphatic carbocycles. The monoisotopic (exact) mass is 304 g/mol. The zero-order chi connectivity index (χ0) is 15.1. The van der Waals surface area contributed by atoms with E-state index in [1.54, 1.807) is 4.90 Å². The number of likely N-dealkylation sites (N-methyl/N-ethyl adjacent to an activating group) is 1. The molecule has 3 heteroatoms. The third kappa shape index (κ3) is 5.88. The Labute approximate surface area is 133 Å². The molecule has 21 heavy (non-hydrogen) atoms. The molecular formula is C18H25ClN2+2. The predicted molar refractivity (Wildman–Crippen MR) is 88.8 cm³/mol. The molecule has 112 valence electrons. The zero-order valence-electron chi connectivity index (χ0n) is 12.9. The Morgan fingerprint density at radius 2 is 1.48 bits per heavy atom. The minimum Gasteiger partial charge on any atom is -0.335 e. The van der Waals surface area contributed by atoms with Crippen LogP contribution in [0.3, 0.4) is 0 Å². The van der Waals surface area contributed by atoms with Crippen LogP contribution in [0.15, 0.2) is 54.6 Å². The first kappa shape index (κ1) is 16.0. The summed E-state index contributed by atoms with van der Waals surface area (Å²) in [7, 11) is 4.42. The quantitative estimate of drug-likeness (QED) is 0.757. The lowest BCUT2D eigenvalue weighted by molar-refractivity contribution is -0.960. The second-order valence-corrected chi connectivity index (χ2v) is 6.36. The van der Waals surface area contributed by atoms with Crippen molar-refractivity contribution in [2.75, 3.05) is 27.2 Å². The van der Waals surface area contributed by atoms with Crippen molar-refractivity contribution in [3.63, 3.8) is 0 Å². The van der Waals surface area contributed by atoms with E-state index >= 15 is 0 Å². The topological polar surface area (TPSA) is 8.88 Å². The number of nitrogens with one attached hydrogen (secondary N) is 2. The molecule has 2 aromatic carbocycles. The van der Waals surface area contributed by atoms with Gasteiger partial charge >= 0.3 is 0 Å². The van der Waals surface area contributed by atoms with Crippen LogP contribution in [-0.4, -0.2) is 27.2 Å². The Kier molecular flexibility index (Phi) is 6.24. The summed E-state index contributed by atoms with van der Waals surface area (Å²) in [5.74, 6) is 0. The second kappa shape index (κ2) is 8.18. The van der Waals surface area contributed by atoms with Crippen molar-refractivity contribution in [2.24, 2.45) is 0 Å². The summed E-state index contributed by atoms with van der Waals surface area (Å²) in [4.78, 5) is 3.07. The fraction of sp³-hybridized carbons (Fsp3) is 0.333. The van der Waals surface area contributed by atoms with Gasteiger partial charge in [-0.2, -0.15) is 0 Å². The van der Waals surface area contributed by atoms with Gasteiger partial charge in [-0.25, -0.2) is 0 Å². The highest BCUT2D eigenvalue weighted by molar-refractivity contribution is 6.30. The summed E-state index contributed by atoms with van der Waals surface area (Å²) in [5.41, 5.74) is 2.70. The average Bonchev–Trinajstić information content (AvgIpc) is 2.46. The van der Waals surface area contributed by atoms with Crippen LogP contribution >= 0.6 is 11.6 Å². The van der Waals surface area contributed by atoms with E-state index in [2.05, 4.69) is 56.6 Å². The van der Waals surface area contributed by atoms with Gasteiger partial charge < -0.3 is 9.80 Å². The smallest absolute Gasteiger partial charge is 0.127 e. The van der Waals surface area contributed by atoms with Crippen LogP contribution in [0.4, 0.5) is 0 Å². The van der Waals surface area contributed by atoms with Crippen molar-refractivity contribution >= 4 is 11.6 Å². The minimum absolute atomic E-state index is 0.824. The predicted octanol–water partition coefficient (Wildman–Crippen LogP) is 1.07. The van der Waals surface area contributed by atoms with E-state index in [9.17, 15) is 0 Å². The van der Waals surface area contributed by atoms with E-state index < -0.39 is 0 Å². The van der Waals surface area contributed by atoms with E-state index in [0.717, 1.165) is 24.7 Å².